The van der Waals surface area contributed by atoms with Crippen LogP contribution < -0.4 is 16.4 Å². The van der Waals surface area contributed by atoms with Gasteiger partial charge in [-0.05, 0) is 51.2 Å². The van der Waals surface area contributed by atoms with Crippen molar-refractivity contribution in [2.24, 2.45) is 10.7 Å². The van der Waals surface area contributed by atoms with Gasteiger partial charge in [-0.15, -0.1) is 11.6 Å². The van der Waals surface area contributed by atoms with Crippen LogP contribution >= 0.6 is 11.6 Å². The number of carbonyl (C=O) groups excluding carboxylic acids is 1. The Morgan fingerprint density at radius 2 is 2.15 bits per heavy atom. The van der Waals surface area contributed by atoms with Gasteiger partial charge in [0.2, 0.25) is 0 Å². The molecule has 1 aliphatic heterocycles. The second kappa shape index (κ2) is 14.0. The van der Waals surface area contributed by atoms with Crippen molar-refractivity contribution in [1.29, 1.82) is 0 Å². The first kappa shape index (κ1) is 27.7. The average molecular weight is 491 g/mol. The molecule has 1 aromatic heterocycles. The number of imidazole rings is 1. The molecule has 0 unspecified atom stereocenters. The number of hydrogen-bond donors (Lipinski definition) is 3. The molecule has 0 spiro atoms. The van der Waals surface area contributed by atoms with E-state index in [0.29, 0.717) is 24.1 Å². The van der Waals surface area contributed by atoms with Gasteiger partial charge in [0, 0.05) is 38.0 Å². The van der Waals surface area contributed by atoms with E-state index in [-0.39, 0.29) is 11.9 Å². The number of ether oxygens (including phenoxy) is 1. The van der Waals surface area contributed by atoms with E-state index in [9.17, 15) is 4.79 Å². The van der Waals surface area contributed by atoms with Crippen molar-refractivity contribution in [3.8, 4) is 0 Å². The first-order valence-electron chi connectivity index (χ1n) is 11.8. The molecular weight excluding hydrogens is 452 g/mol. The molecule has 1 saturated heterocycles. The van der Waals surface area contributed by atoms with Gasteiger partial charge >= 0.3 is 0 Å². The molecule has 8 nitrogen and oxygen atoms in total. The molecule has 1 fully saturated rings. The van der Waals surface area contributed by atoms with Crippen LogP contribution in [0.5, 0.6) is 0 Å². The highest BCUT2D eigenvalue weighted by molar-refractivity contribution is 6.18. The SMILES string of the molecule is CCC/C(=C\C=C/CCl)C(C)(C)NC(=O)c1cn(C/C(C)=C\NC(N)=NC2CCOCC2)cn1. The first-order valence-corrected chi connectivity index (χ1v) is 12.4. The van der Waals surface area contributed by atoms with Crippen LogP contribution in [0.1, 0.15) is 63.9 Å². The van der Waals surface area contributed by atoms with Crippen LogP contribution in [0.2, 0.25) is 0 Å². The molecule has 2 heterocycles. The van der Waals surface area contributed by atoms with Gasteiger partial charge in [0.1, 0.15) is 5.69 Å². The zero-order valence-electron chi connectivity index (χ0n) is 20.8. The van der Waals surface area contributed by atoms with Gasteiger partial charge in [0.05, 0.1) is 17.9 Å². The van der Waals surface area contributed by atoms with Crippen LogP contribution in [0.4, 0.5) is 0 Å². The Bertz CT molecular complexity index is 910. The van der Waals surface area contributed by atoms with Crippen LogP contribution in [-0.4, -0.2) is 52.1 Å². The van der Waals surface area contributed by atoms with Crippen LogP contribution in [0, 0.1) is 0 Å². The zero-order chi connectivity index (χ0) is 25.0. The van der Waals surface area contributed by atoms with E-state index in [1.807, 2.05) is 49.8 Å². The van der Waals surface area contributed by atoms with Crippen molar-refractivity contribution < 1.29 is 9.53 Å². The number of alkyl halides is 1. The normalized spacial score (nSPS) is 16.8. The number of amides is 1. The number of rotatable bonds is 11. The fraction of sp³-hybridized carbons (Fsp3) is 0.560. The van der Waals surface area contributed by atoms with Gasteiger partial charge in [0.15, 0.2) is 5.96 Å². The van der Waals surface area contributed by atoms with E-state index in [1.54, 1.807) is 12.5 Å². The van der Waals surface area contributed by atoms with E-state index in [1.165, 1.54) is 0 Å². The summed E-state index contributed by atoms with van der Waals surface area (Å²) < 4.78 is 7.21. The fourth-order valence-electron chi connectivity index (χ4n) is 3.68. The number of carbonyl (C=O) groups is 1. The van der Waals surface area contributed by atoms with Crippen molar-refractivity contribution in [3.63, 3.8) is 0 Å². The molecule has 188 valence electrons. The predicted molar refractivity (Wildman–Crippen MR) is 139 cm³/mol. The van der Waals surface area contributed by atoms with Gasteiger partial charge in [-0.25, -0.2) is 9.98 Å². The highest BCUT2D eigenvalue weighted by Gasteiger charge is 2.26. The summed E-state index contributed by atoms with van der Waals surface area (Å²) >= 11 is 5.73. The number of hydrogen-bond acceptors (Lipinski definition) is 4. The molecule has 0 aromatic carbocycles. The Morgan fingerprint density at radius 3 is 2.82 bits per heavy atom. The summed E-state index contributed by atoms with van der Waals surface area (Å²) in [5.74, 6) is 0.648. The van der Waals surface area contributed by atoms with Crippen molar-refractivity contribution in [1.82, 2.24) is 20.2 Å². The van der Waals surface area contributed by atoms with Crippen LogP contribution in [0.25, 0.3) is 0 Å². The molecule has 9 heteroatoms. The molecule has 1 amide bonds. The van der Waals surface area contributed by atoms with Crippen molar-refractivity contribution in [2.45, 2.75) is 71.5 Å². The van der Waals surface area contributed by atoms with E-state index in [0.717, 1.165) is 50.0 Å². The quantitative estimate of drug-likeness (QED) is 0.189. The third-order valence-electron chi connectivity index (χ3n) is 5.55. The van der Waals surface area contributed by atoms with Crippen molar-refractivity contribution in [3.05, 3.63) is 53.8 Å². The number of nitrogens with one attached hydrogen (secondary N) is 2. The van der Waals surface area contributed by atoms with E-state index in [2.05, 4.69) is 27.5 Å². The lowest BCUT2D eigenvalue weighted by molar-refractivity contribution is 0.0870. The molecule has 0 saturated carbocycles. The number of nitrogens with zero attached hydrogens (tertiary/aromatic N) is 3. The molecule has 0 aliphatic carbocycles. The lowest BCUT2D eigenvalue weighted by Crippen LogP contribution is -2.45. The van der Waals surface area contributed by atoms with Crippen molar-refractivity contribution in [2.75, 3.05) is 19.1 Å². The summed E-state index contributed by atoms with van der Waals surface area (Å²) in [6, 6.07) is 0.206. The topological polar surface area (TPSA) is 107 Å². The van der Waals surface area contributed by atoms with E-state index >= 15 is 0 Å². The lowest BCUT2D eigenvalue weighted by atomic mass is 9.89. The number of guanidine groups is 1. The Hall–Kier alpha value is -2.58. The number of halogens is 1. The number of allylic oxidation sites excluding steroid dienone is 4. The number of aliphatic imine (C=N–C) groups is 1. The first-order chi connectivity index (χ1) is 16.2. The third kappa shape index (κ3) is 9.35. The maximum absolute atomic E-state index is 12.9. The minimum atomic E-state index is -0.505. The minimum absolute atomic E-state index is 0.206. The maximum Gasteiger partial charge on any atom is 0.272 e. The second-order valence-corrected chi connectivity index (χ2v) is 9.34. The largest absolute Gasteiger partial charge is 0.381 e. The average Bonchev–Trinajstić information content (AvgIpc) is 3.26. The zero-order valence-corrected chi connectivity index (χ0v) is 21.6. The molecule has 1 aliphatic rings. The van der Waals surface area contributed by atoms with Gasteiger partial charge in [-0.1, -0.05) is 31.6 Å². The highest BCUT2D eigenvalue weighted by Crippen LogP contribution is 2.22. The van der Waals surface area contributed by atoms with Gasteiger partial charge in [-0.3, -0.25) is 4.79 Å². The van der Waals surface area contributed by atoms with E-state index in [4.69, 9.17) is 22.1 Å². The standard InChI is InChI=1S/C25H39ClN6O2/c1-5-8-20(9-6-7-12-26)25(3,4)31-23(33)22-17-32(18-29-22)16-19(2)15-28-24(27)30-21-10-13-34-14-11-21/h6-7,9,15,17-18,21H,5,8,10-14,16H2,1-4H3,(H,31,33)(H3,27,28,30)/b7-6-,19-15-,20-9+. The summed E-state index contributed by atoms with van der Waals surface area (Å²) in [7, 11) is 0. The van der Waals surface area contributed by atoms with Crippen LogP contribution in [-0.2, 0) is 11.3 Å². The maximum atomic E-state index is 12.9. The Morgan fingerprint density at radius 1 is 1.41 bits per heavy atom. The smallest absolute Gasteiger partial charge is 0.272 e. The Balaban J connectivity index is 1.95. The molecule has 0 radical (unpaired) electrons. The van der Waals surface area contributed by atoms with E-state index < -0.39 is 5.54 Å². The predicted octanol–water partition coefficient (Wildman–Crippen LogP) is 3.90. The van der Waals surface area contributed by atoms with Gasteiger partial charge in [0.25, 0.3) is 5.91 Å². The summed E-state index contributed by atoms with van der Waals surface area (Å²) in [4.78, 5) is 21.7. The summed E-state index contributed by atoms with van der Waals surface area (Å²) in [5.41, 5.74) is 8.03. The summed E-state index contributed by atoms with van der Waals surface area (Å²) in [6.45, 7) is 10.1. The van der Waals surface area contributed by atoms with Crippen molar-refractivity contribution >= 4 is 23.5 Å². The fourth-order valence-corrected chi connectivity index (χ4v) is 3.78. The minimum Gasteiger partial charge on any atom is -0.381 e. The molecule has 34 heavy (non-hydrogen) atoms. The monoisotopic (exact) mass is 490 g/mol. The second-order valence-electron chi connectivity index (χ2n) is 9.03. The van der Waals surface area contributed by atoms with Gasteiger partial charge in [-0.2, -0.15) is 0 Å². The summed E-state index contributed by atoms with van der Waals surface area (Å²) in [6.07, 6.45) is 14.7. The lowest BCUT2D eigenvalue weighted by Gasteiger charge is -2.29. The highest BCUT2D eigenvalue weighted by atomic mass is 35.5. The van der Waals surface area contributed by atoms with Crippen LogP contribution in [0.3, 0.4) is 0 Å². The Labute approximate surface area is 208 Å². The van der Waals surface area contributed by atoms with Crippen LogP contribution in [0.15, 0.2) is 53.1 Å². The third-order valence-corrected chi connectivity index (χ3v) is 5.73. The summed E-state index contributed by atoms with van der Waals surface area (Å²) in [5, 5.41) is 6.16. The molecular formula is C25H39ClN6O2. The number of nitrogens with two attached hydrogens (primary N) is 1. The van der Waals surface area contributed by atoms with Gasteiger partial charge < -0.3 is 25.7 Å². The number of aromatic nitrogens is 2. The Kier molecular flexibility index (Phi) is 11.4. The molecule has 0 atom stereocenters. The molecule has 4 N–H and O–H groups in total. The molecule has 1 aromatic rings. The molecule has 0 bridgehead atoms. The molecule has 2 rings (SSSR count).